The Morgan fingerprint density at radius 2 is 1.46 bits per heavy atom. The lowest BCUT2D eigenvalue weighted by molar-refractivity contribution is 0.355. The smallest absolute Gasteiger partial charge is 0.258 e. The van der Waals surface area contributed by atoms with Crippen LogP contribution in [-0.4, -0.2) is 8.32 Å². The molecule has 0 fully saturated rings. The molecule has 1 unspecified atom stereocenters. The van der Waals surface area contributed by atoms with E-state index in [1.165, 1.54) is 30.6 Å². The van der Waals surface area contributed by atoms with Gasteiger partial charge in [0.2, 0.25) is 0 Å². The number of hydrogen-bond acceptors (Lipinski definition) is 1. The molecular weight excluding hydrogens is 332 g/mol. The maximum Gasteiger partial charge on any atom is 0.258 e. The number of unbranched alkanes of at least 4 members (excludes halogenated alkanes) is 1. The Labute approximate surface area is 164 Å². The third kappa shape index (κ3) is 6.30. The maximum atomic E-state index is 7.08. The second-order valence-electron chi connectivity index (χ2n) is 8.83. The highest BCUT2D eigenvalue weighted by Crippen LogP contribution is 2.44. The average Bonchev–Trinajstić information content (AvgIpc) is 2.57. The SMILES string of the molecule is CCCCC(C)/C=C(/Cc1ccccc1)O[Si](C(C)C)(C(C)C)C(C)C. The van der Waals surface area contributed by atoms with Crippen LogP contribution >= 0.6 is 0 Å². The van der Waals surface area contributed by atoms with E-state index < -0.39 is 8.32 Å². The number of allylic oxidation sites excluding steroid dienone is 2. The molecule has 1 nitrogen and oxygen atoms in total. The van der Waals surface area contributed by atoms with Gasteiger partial charge >= 0.3 is 0 Å². The largest absolute Gasteiger partial charge is 0.546 e. The van der Waals surface area contributed by atoms with Crippen molar-refractivity contribution in [3.05, 3.63) is 47.7 Å². The molecule has 1 aromatic carbocycles. The molecule has 2 heteroatoms. The van der Waals surface area contributed by atoms with E-state index in [1.807, 2.05) is 0 Å². The van der Waals surface area contributed by atoms with Crippen molar-refractivity contribution in [3.8, 4) is 0 Å². The molecule has 0 bridgehead atoms. The van der Waals surface area contributed by atoms with Gasteiger partial charge in [0.1, 0.15) is 0 Å². The van der Waals surface area contributed by atoms with Crippen molar-refractivity contribution in [2.24, 2.45) is 5.92 Å². The predicted molar refractivity (Wildman–Crippen MR) is 119 cm³/mol. The van der Waals surface area contributed by atoms with E-state index in [9.17, 15) is 0 Å². The fraction of sp³-hybridized carbons (Fsp3) is 0.667. The molecule has 0 radical (unpaired) electrons. The molecule has 0 saturated heterocycles. The van der Waals surface area contributed by atoms with Gasteiger partial charge in [0.05, 0.1) is 5.76 Å². The molecule has 0 amide bonds. The zero-order valence-corrected chi connectivity index (χ0v) is 19.5. The first-order chi connectivity index (χ1) is 12.2. The van der Waals surface area contributed by atoms with Gasteiger partial charge in [-0.05, 0) is 40.6 Å². The van der Waals surface area contributed by atoms with Crippen LogP contribution in [0.3, 0.4) is 0 Å². The lowest BCUT2D eigenvalue weighted by Gasteiger charge is -2.43. The molecule has 26 heavy (non-hydrogen) atoms. The molecular formula is C24H42OSi. The Bertz CT molecular complexity index is 509. The third-order valence-electron chi connectivity index (χ3n) is 5.72. The summed E-state index contributed by atoms with van der Waals surface area (Å²) in [6.45, 7) is 18.8. The fourth-order valence-corrected chi connectivity index (χ4v) is 9.73. The highest BCUT2D eigenvalue weighted by atomic mass is 28.4. The average molecular weight is 375 g/mol. The number of rotatable bonds is 11. The summed E-state index contributed by atoms with van der Waals surface area (Å²) in [4.78, 5) is 0. The molecule has 0 aromatic heterocycles. The van der Waals surface area contributed by atoms with Crippen LogP contribution in [0.1, 0.15) is 80.2 Å². The Morgan fingerprint density at radius 3 is 1.92 bits per heavy atom. The van der Waals surface area contributed by atoms with Crippen LogP contribution < -0.4 is 0 Å². The van der Waals surface area contributed by atoms with Gasteiger partial charge in [0.25, 0.3) is 8.32 Å². The van der Waals surface area contributed by atoms with Crippen molar-refractivity contribution in [2.75, 3.05) is 0 Å². The normalized spacial score (nSPS) is 14.3. The van der Waals surface area contributed by atoms with Gasteiger partial charge in [-0.3, -0.25) is 0 Å². The Balaban J connectivity index is 3.18. The van der Waals surface area contributed by atoms with Crippen molar-refractivity contribution < 1.29 is 4.43 Å². The lowest BCUT2D eigenvalue weighted by atomic mass is 10.0. The summed E-state index contributed by atoms with van der Waals surface area (Å²) in [5.41, 5.74) is 3.16. The number of benzene rings is 1. The van der Waals surface area contributed by atoms with Gasteiger partial charge in [-0.2, -0.15) is 0 Å². The van der Waals surface area contributed by atoms with E-state index in [-0.39, 0.29) is 0 Å². The van der Waals surface area contributed by atoms with Crippen LogP contribution in [0.5, 0.6) is 0 Å². The van der Waals surface area contributed by atoms with Crippen molar-refractivity contribution in [1.29, 1.82) is 0 Å². The monoisotopic (exact) mass is 374 g/mol. The summed E-state index contributed by atoms with van der Waals surface area (Å²) < 4.78 is 7.08. The molecule has 0 saturated carbocycles. The topological polar surface area (TPSA) is 9.23 Å². The Kier molecular flexibility index (Phi) is 9.71. The first kappa shape index (κ1) is 23.0. The summed E-state index contributed by atoms with van der Waals surface area (Å²) in [6.07, 6.45) is 7.14. The van der Waals surface area contributed by atoms with E-state index in [4.69, 9.17) is 4.43 Å². The van der Waals surface area contributed by atoms with Crippen LogP contribution in [0.25, 0.3) is 0 Å². The van der Waals surface area contributed by atoms with Crippen LogP contribution in [-0.2, 0) is 10.8 Å². The third-order valence-corrected chi connectivity index (χ3v) is 11.7. The second-order valence-corrected chi connectivity index (χ2v) is 14.2. The molecule has 1 rings (SSSR count). The number of hydrogen-bond donors (Lipinski definition) is 0. The van der Waals surface area contributed by atoms with Crippen molar-refractivity contribution in [2.45, 2.75) is 97.7 Å². The highest BCUT2D eigenvalue weighted by Gasteiger charge is 2.47. The molecule has 1 aromatic rings. The maximum absolute atomic E-state index is 7.08. The minimum Gasteiger partial charge on any atom is -0.546 e. The van der Waals surface area contributed by atoms with E-state index in [1.54, 1.807) is 0 Å². The summed E-state index contributed by atoms with van der Waals surface area (Å²) in [6, 6.07) is 10.8. The van der Waals surface area contributed by atoms with Gasteiger partial charge in [-0.25, -0.2) is 0 Å². The standard InChI is InChI=1S/C24H42OSi/c1-9-10-14-22(8)17-24(18-23-15-12-11-13-16-23)25-26(19(2)3,20(4)5)21(6)7/h11-13,15-17,19-22H,9-10,14,18H2,1-8H3/b24-17-. The molecule has 0 aliphatic rings. The summed E-state index contributed by atoms with van der Waals surface area (Å²) >= 11 is 0. The van der Waals surface area contributed by atoms with Crippen LogP contribution in [0.4, 0.5) is 0 Å². The summed E-state index contributed by atoms with van der Waals surface area (Å²) in [5, 5.41) is 0. The molecule has 148 valence electrons. The molecule has 1 atom stereocenters. The van der Waals surface area contributed by atoms with Crippen molar-refractivity contribution >= 4 is 8.32 Å². The van der Waals surface area contributed by atoms with E-state index in [0.717, 1.165) is 6.42 Å². The molecule has 0 aliphatic heterocycles. The predicted octanol–water partition coefficient (Wildman–Crippen LogP) is 8.13. The van der Waals surface area contributed by atoms with Crippen LogP contribution in [0, 0.1) is 5.92 Å². The van der Waals surface area contributed by atoms with Gasteiger partial charge in [0.15, 0.2) is 0 Å². The Morgan fingerprint density at radius 1 is 0.923 bits per heavy atom. The molecule has 0 heterocycles. The lowest BCUT2D eigenvalue weighted by Crippen LogP contribution is -2.47. The van der Waals surface area contributed by atoms with E-state index >= 15 is 0 Å². The van der Waals surface area contributed by atoms with Gasteiger partial charge in [-0.15, -0.1) is 0 Å². The quantitative estimate of drug-likeness (QED) is 0.280. The molecule has 0 N–H and O–H groups in total. The fourth-order valence-electron chi connectivity index (χ4n) is 4.43. The first-order valence-electron chi connectivity index (χ1n) is 10.7. The molecule has 0 aliphatic carbocycles. The van der Waals surface area contributed by atoms with Crippen LogP contribution in [0.2, 0.25) is 16.6 Å². The zero-order valence-electron chi connectivity index (χ0n) is 18.5. The van der Waals surface area contributed by atoms with Crippen LogP contribution in [0.15, 0.2) is 42.2 Å². The van der Waals surface area contributed by atoms with E-state index in [2.05, 4.69) is 91.8 Å². The van der Waals surface area contributed by atoms with Gasteiger partial charge < -0.3 is 4.43 Å². The summed E-state index contributed by atoms with van der Waals surface area (Å²) in [5.74, 6) is 1.79. The van der Waals surface area contributed by atoms with Crippen molar-refractivity contribution in [3.63, 3.8) is 0 Å². The van der Waals surface area contributed by atoms with E-state index in [0.29, 0.717) is 22.5 Å². The Hall–Kier alpha value is -1.02. The van der Waals surface area contributed by atoms with Gasteiger partial charge in [-0.1, -0.05) is 98.6 Å². The van der Waals surface area contributed by atoms with Crippen molar-refractivity contribution in [1.82, 2.24) is 0 Å². The minimum absolute atomic E-state index is 0.576. The minimum atomic E-state index is -1.91. The zero-order chi connectivity index (χ0) is 19.7. The second kappa shape index (κ2) is 11.0. The highest BCUT2D eigenvalue weighted by molar-refractivity contribution is 6.77. The summed E-state index contributed by atoms with van der Waals surface area (Å²) in [7, 11) is -1.91. The first-order valence-corrected chi connectivity index (χ1v) is 12.8. The molecule has 0 spiro atoms. The van der Waals surface area contributed by atoms with Gasteiger partial charge in [0, 0.05) is 6.42 Å².